The second kappa shape index (κ2) is 12.3. The molecule has 3 aromatic rings. The van der Waals surface area contributed by atoms with Crippen LogP contribution in [-0.4, -0.2) is 95.9 Å². The van der Waals surface area contributed by atoms with Crippen LogP contribution in [0.25, 0.3) is 11.2 Å². The van der Waals surface area contributed by atoms with E-state index in [2.05, 4.69) is 15.0 Å². The highest BCUT2D eigenvalue weighted by molar-refractivity contribution is 7.96. The Hall–Kier alpha value is -2.86. The maximum Gasteiger partial charge on any atom is 0.320 e. The topological polar surface area (TPSA) is 240 Å². The molecule has 16 heteroatoms. The molecule has 2 aromatic heterocycles. The Morgan fingerprint density at radius 1 is 1.21 bits per heavy atom. The van der Waals surface area contributed by atoms with Crippen molar-refractivity contribution in [2.45, 2.75) is 48.8 Å². The number of nitrogens with two attached hydrogens (primary N) is 2. The van der Waals surface area contributed by atoms with E-state index in [9.17, 15) is 28.0 Å². The van der Waals surface area contributed by atoms with E-state index in [1.54, 1.807) is 12.1 Å². The summed E-state index contributed by atoms with van der Waals surface area (Å²) in [5, 5.41) is 29.7. The molecule has 5 unspecified atom stereocenters. The molecular weight excluding hydrogens is 540 g/mol. The van der Waals surface area contributed by atoms with Crippen molar-refractivity contribution in [1.29, 1.82) is 0 Å². The van der Waals surface area contributed by atoms with Crippen molar-refractivity contribution >= 4 is 44.0 Å². The predicted molar refractivity (Wildman–Crippen MR) is 138 cm³/mol. The van der Waals surface area contributed by atoms with Gasteiger partial charge in [-0.2, -0.15) is 0 Å². The number of carboxylic acids is 1. The highest BCUT2D eigenvalue weighted by atomic mass is 32.2. The van der Waals surface area contributed by atoms with Gasteiger partial charge in [-0.3, -0.25) is 9.36 Å². The smallest absolute Gasteiger partial charge is 0.320 e. The number of carbonyl (C=O) groups is 1. The summed E-state index contributed by atoms with van der Waals surface area (Å²) in [5.74, 6) is 0.254. The summed E-state index contributed by atoms with van der Waals surface area (Å²) < 4.78 is 38.6. The molecule has 3 heterocycles. The van der Waals surface area contributed by atoms with Crippen LogP contribution >= 0.6 is 0 Å². The lowest BCUT2D eigenvalue weighted by Crippen LogP contribution is -2.37. The fraction of sp³-hybridized carbons (Fsp3) is 0.455. The number of carboxylic acid groups (broad SMARTS) is 1. The van der Waals surface area contributed by atoms with Crippen LogP contribution in [0.5, 0.6) is 0 Å². The number of aromatic nitrogens is 4. The molecule has 4 rings (SSSR count). The van der Waals surface area contributed by atoms with Gasteiger partial charge in [0.15, 0.2) is 17.7 Å². The summed E-state index contributed by atoms with van der Waals surface area (Å²) in [6.45, 7) is 1.82. The molecule has 1 aliphatic heterocycles. The molecule has 1 aliphatic rings. The Bertz CT molecular complexity index is 1350. The third kappa shape index (κ3) is 7.16. The summed E-state index contributed by atoms with van der Waals surface area (Å²) in [6, 6.07) is 4.88. The van der Waals surface area contributed by atoms with Crippen molar-refractivity contribution in [2.24, 2.45) is 5.73 Å². The monoisotopic (exact) mass is 570 g/mol. The fourth-order valence-corrected chi connectivity index (χ4v) is 5.80. The van der Waals surface area contributed by atoms with Gasteiger partial charge in [-0.05, 0) is 30.0 Å². The summed E-state index contributed by atoms with van der Waals surface area (Å²) >= 11 is 0. The lowest BCUT2D eigenvalue weighted by atomic mass is 10.1. The maximum absolute atomic E-state index is 10.8. The number of aliphatic hydroxyl groups is 2. The van der Waals surface area contributed by atoms with Crippen LogP contribution in [0.2, 0.25) is 0 Å². The number of anilines is 1. The molecule has 0 spiro atoms. The summed E-state index contributed by atoms with van der Waals surface area (Å²) in [7, 11) is -4.50. The Morgan fingerprint density at radius 2 is 1.87 bits per heavy atom. The van der Waals surface area contributed by atoms with Gasteiger partial charge in [-0.25, -0.2) is 23.4 Å². The summed E-state index contributed by atoms with van der Waals surface area (Å²) in [4.78, 5) is 22.8. The van der Waals surface area contributed by atoms with Crippen LogP contribution in [0.15, 0.2) is 41.8 Å². The number of benzene rings is 1. The lowest BCUT2D eigenvalue weighted by molar-refractivity contribution is -0.138. The van der Waals surface area contributed by atoms with E-state index in [4.69, 9.17) is 21.3 Å². The van der Waals surface area contributed by atoms with E-state index in [0.717, 1.165) is 5.56 Å². The second-order valence-corrected chi connectivity index (χ2v) is 12.5. The number of rotatable bonds is 8. The van der Waals surface area contributed by atoms with Crippen LogP contribution in [0.3, 0.4) is 0 Å². The molecule has 6 atom stereocenters. The average molecular weight is 571 g/mol. The van der Waals surface area contributed by atoms with Crippen LogP contribution in [0, 0.1) is 6.92 Å². The zero-order valence-corrected chi connectivity index (χ0v) is 22.2. The van der Waals surface area contributed by atoms with Crippen molar-refractivity contribution in [1.82, 2.24) is 19.5 Å². The second-order valence-electron chi connectivity index (χ2n) is 8.78. The molecule has 0 saturated carbocycles. The Morgan fingerprint density at radius 3 is 2.47 bits per heavy atom. The molecule has 0 aliphatic carbocycles. The Labute approximate surface area is 221 Å². The molecule has 0 radical (unpaired) electrons. The van der Waals surface area contributed by atoms with Crippen molar-refractivity contribution < 1.29 is 37.8 Å². The van der Waals surface area contributed by atoms with Gasteiger partial charge >= 0.3 is 5.97 Å². The zero-order valence-electron chi connectivity index (χ0n) is 20.6. The van der Waals surface area contributed by atoms with Crippen LogP contribution in [0.4, 0.5) is 5.82 Å². The van der Waals surface area contributed by atoms with Gasteiger partial charge in [-0.15, -0.1) is 0 Å². The number of hydrogen-bond acceptors (Lipinski definition) is 12. The van der Waals surface area contributed by atoms with Gasteiger partial charge in [0.1, 0.15) is 57.8 Å². The SMILES string of the molecule is C[S+](CC[C@H](N)C(=O)O)CC1OC(n2cnc3c(N)ncnc32)C(O)C1O.Cc1ccc(S(=O)(=O)[O-])cc1. The highest BCUT2D eigenvalue weighted by Crippen LogP contribution is 2.32. The van der Waals surface area contributed by atoms with Crippen molar-refractivity contribution in [3.63, 3.8) is 0 Å². The number of fused-ring (bicyclic) bond motifs is 1. The van der Waals surface area contributed by atoms with Crippen LogP contribution in [0.1, 0.15) is 18.2 Å². The standard InChI is InChI=1S/C15H22N6O5S.C7H8O3S/c1-27(3-2-7(16)15(24)25)4-8-10(22)11(23)14(26-8)21-6-20-9-12(17)18-5-19-13(9)21;1-6-2-4-7(5-3-6)11(8,9)10/h5-8,10-11,14,22-23H,2-4,16H2,1H3,(H2-,17,18,19,24,25);2-5H,1H3,(H,8,9,10)/t7-,8?,10?,11?,14?,27?;/m0./s1. The molecule has 0 bridgehead atoms. The third-order valence-electron chi connectivity index (χ3n) is 5.85. The highest BCUT2D eigenvalue weighted by Gasteiger charge is 2.46. The van der Waals surface area contributed by atoms with Gasteiger partial charge in [0.05, 0.1) is 17.5 Å². The quantitative estimate of drug-likeness (QED) is 0.161. The van der Waals surface area contributed by atoms with Crippen LogP contribution in [-0.2, 0) is 30.5 Å². The summed E-state index contributed by atoms with van der Waals surface area (Å²) in [6.07, 6.45) is 1.31. The van der Waals surface area contributed by atoms with Crippen molar-refractivity contribution in [3.8, 4) is 0 Å². The fourth-order valence-electron chi connectivity index (χ4n) is 3.67. The number of aryl methyl sites for hydroxylation is 1. The van der Waals surface area contributed by atoms with Gasteiger partial charge in [0, 0.05) is 6.42 Å². The first-order valence-electron chi connectivity index (χ1n) is 11.3. The van der Waals surface area contributed by atoms with E-state index >= 15 is 0 Å². The number of aliphatic hydroxyl groups excluding tert-OH is 2. The molecule has 208 valence electrons. The zero-order chi connectivity index (χ0) is 28.2. The van der Waals surface area contributed by atoms with Gasteiger partial charge in [-0.1, -0.05) is 17.7 Å². The molecule has 1 fully saturated rings. The maximum atomic E-state index is 10.8. The van der Waals surface area contributed by atoms with Gasteiger partial charge in [0.25, 0.3) is 0 Å². The molecule has 14 nitrogen and oxygen atoms in total. The first-order valence-corrected chi connectivity index (χ1v) is 14.7. The van der Waals surface area contributed by atoms with Gasteiger partial charge in [0.2, 0.25) is 0 Å². The first kappa shape index (κ1) is 29.7. The Kier molecular flexibility index (Phi) is 9.64. The van der Waals surface area contributed by atoms with E-state index in [1.807, 2.05) is 13.2 Å². The third-order valence-corrected chi connectivity index (χ3v) is 8.53. The minimum atomic E-state index is -4.27. The molecular formula is C22H30N6O8S2. The first-order chi connectivity index (χ1) is 17.8. The minimum absolute atomic E-state index is 0.178. The molecule has 0 amide bonds. The summed E-state index contributed by atoms with van der Waals surface area (Å²) in [5.41, 5.74) is 13.0. The number of ether oxygens (including phenoxy) is 1. The Balaban J connectivity index is 0.000000304. The molecule has 1 aromatic carbocycles. The number of nitrogen functional groups attached to an aromatic ring is 1. The minimum Gasteiger partial charge on any atom is -0.744 e. The van der Waals surface area contributed by atoms with Crippen molar-refractivity contribution in [2.75, 3.05) is 23.5 Å². The van der Waals surface area contributed by atoms with E-state index in [-0.39, 0.29) is 21.6 Å². The van der Waals surface area contributed by atoms with Crippen molar-refractivity contribution in [3.05, 3.63) is 42.5 Å². The van der Waals surface area contributed by atoms with E-state index < -0.39 is 46.7 Å². The van der Waals surface area contributed by atoms with Gasteiger partial charge < -0.3 is 36.1 Å². The normalized spacial score (nSPS) is 23.0. The van der Waals surface area contributed by atoms with Crippen LogP contribution < -0.4 is 11.5 Å². The number of imidazole rings is 1. The average Bonchev–Trinajstić information content (AvgIpc) is 3.40. The van der Waals surface area contributed by atoms with E-state index in [1.165, 1.54) is 29.4 Å². The predicted octanol–water partition coefficient (Wildman–Crippen LogP) is -1.02. The number of hydrogen-bond donors (Lipinski definition) is 5. The number of aliphatic carboxylic acids is 1. The number of nitrogens with zero attached hydrogens (tertiary/aromatic N) is 4. The molecule has 1 saturated heterocycles. The molecule has 38 heavy (non-hydrogen) atoms. The van der Waals surface area contributed by atoms with E-state index in [0.29, 0.717) is 29.1 Å². The lowest BCUT2D eigenvalue weighted by Gasteiger charge is -2.16. The molecule has 7 N–H and O–H groups in total. The largest absolute Gasteiger partial charge is 0.744 e.